The van der Waals surface area contributed by atoms with Crippen LogP contribution in [0.2, 0.25) is 0 Å². The molecule has 0 aliphatic carbocycles. The molecule has 0 aliphatic rings. The Morgan fingerprint density at radius 3 is 2.56 bits per heavy atom. The van der Waals surface area contributed by atoms with E-state index in [1.54, 1.807) is 6.07 Å². The van der Waals surface area contributed by atoms with Gasteiger partial charge >= 0.3 is 5.24 Å². The lowest BCUT2D eigenvalue weighted by Gasteiger charge is -2.19. The summed E-state index contributed by atoms with van der Waals surface area (Å²) in [6.07, 6.45) is -1.14. The second-order valence-corrected chi connectivity index (χ2v) is 6.29. The molecule has 1 amide bonds. The molecule has 0 saturated heterocycles. The number of aryl methyl sites for hydroxylation is 2. The maximum absolute atomic E-state index is 13.0. The second-order valence-electron chi connectivity index (χ2n) is 5.53. The number of carbonyl (C=O) groups is 1. The summed E-state index contributed by atoms with van der Waals surface area (Å²) in [6.45, 7) is 3.78. The summed E-state index contributed by atoms with van der Waals surface area (Å²) in [6, 6.07) is 9.33. The minimum Gasteiger partial charge on any atom is -0.489 e. The number of hydrogen-bond acceptors (Lipinski definition) is 4. The van der Waals surface area contributed by atoms with Crippen LogP contribution in [0.1, 0.15) is 28.7 Å². The highest BCUT2D eigenvalue weighted by Crippen LogP contribution is 2.29. The molecular formula is C18H19F2NO3S. The number of hydroxylamine groups is 1. The fourth-order valence-electron chi connectivity index (χ4n) is 2.36. The normalized spacial score (nSPS) is 10.8. The highest BCUT2D eigenvalue weighted by molar-refractivity contribution is 8.13. The van der Waals surface area contributed by atoms with Gasteiger partial charge in [-0.1, -0.05) is 35.5 Å². The van der Waals surface area contributed by atoms with Gasteiger partial charge in [-0.2, -0.15) is 5.06 Å². The van der Waals surface area contributed by atoms with Crippen LogP contribution < -0.4 is 9.80 Å². The first-order valence-electron chi connectivity index (χ1n) is 7.51. The topological polar surface area (TPSA) is 49.8 Å². The molecule has 0 fully saturated rings. The largest absolute Gasteiger partial charge is 0.489 e. The summed E-state index contributed by atoms with van der Waals surface area (Å²) in [5.74, 6) is 0.611. The summed E-state index contributed by atoms with van der Waals surface area (Å²) in [7, 11) is 0. The summed E-state index contributed by atoms with van der Waals surface area (Å²) < 4.78 is 31.7. The quantitative estimate of drug-likeness (QED) is 0.560. The van der Waals surface area contributed by atoms with Crippen LogP contribution in [-0.4, -0.2) is 16.7 Å². The maximum Gasteiger partial charge on any atom is 0.309 e. The third kappa shape index (κ3) is 4.70. The molecule has 0 unspecified atom stereocenters. The van der Waals surface area contributed by atoms with Gasteiger partial charge in [0.15, 0.2) is 0 Å². The van der Waals surface area contributed by atoms with Crippen LogP contribution in [0.4, 0.5) is 19.3 Å². The van der Waals surface area contributed by atoms with Gasteiger partial charge in [0.25, 0.3) is 6.43 Å². The molecule has 0 saturated carbocycles. The van der Waals surface area contributed by atoms with E-state index in [9.17, 15) is 18.8 Å². The molecule has 4 nitrogen and oxygen atoms in total. The van der Waals surface area contributed by atoms with Crippen molar-refractivity contribution >= 4 is 22.7 Å². The van der Waals surface area contributed by atoms with Gasteiger partial charge in [-0.25, -0.2) is 8.78 Å². The molecule has 134 valence electrons. The summed E-state index contributed by atoms with van der Waals surface area (Å²) in [5.41, 5.74) is 2.20. The highest BCUT2D eigenvalue weighted by Gasteiger charge is 2.19. The first kappa shape index (κ1) is 19.2. The number of rotatable bonds is 5. The number of ether oxygens (including phenoxy) is 1. The van der Waals surface area contributed by atoms with E-state index >= 15 is 0 Å². The molecule has 2 aromatic carbocycles. The third-order valence-corrected chi connectivity index (χ3v) is 4.17. The van der Waals surface area contributed by atoms with Crippen LogP contribution in [0.5, 0.6) is 5.75 Å². The Morgan fingerprint density at radius 2 is 1.96 bits per heavy atom. The van der Waals surface area contributed by atoms with Crippen molar-refractivity contribution in [2.24, 2.45) is 0 Å². The first-order valence-corrected chi connectivity index (χ1v) is 8.74. The SMILES string of the molecule is CSC(=O)N(O)c1ccc(C(F)F)cc1COc1ccc(C)cc1C. The highest BCUT2D eigenvalue weighted by atomic mass is 32.2. The number of carbonyl (C=O) groups excluding carboxylic acids is 1. The zero-order valence-corrected chi connectivity index (χ0v) is 14.9. The molecule has 7 heteroatoms. The number of nitrogens with zero attached hydrogens (tertiary/aromatic N) is 1. The van der Waals surface area contributed by atoms with E-state index in [4.69, 9.17) is 4.74 Å². The Hall–Kier alpha value is -2.12. The Kier molecular flexibility index (Phi) is 6.39. The van der Waals surface area contributed by atoms with E-state index in [1.165, 1.54) is 24.5 Å². The third-order valence-electron chi connectivity index (χ3n) is 3.64. The molecule has 0 spiro atoms. The smallest absolute Gasteiger partial charge is 0.309 e. The van der Waals surface area contributed by atoms with Crippen molar-refractivity contribution in [2.45, 2.75) is 26.9 Å². The van der Waals surface area contributed by atoms with Gasteiger partial charge in [-0.05, 0) is 43.9 Å². The van der Waals surface area contributed by atoms with Crippen molar-refractivity contribution in [2.75, 3.05) is 11.3 Å². The van der Waals surface area contributed by atoms with Gasteiger partial charge in [0, 0.05) is 11.1 Å². The standard InChI is InChI=1S/C18H19F2NO3S/c1-11-4-7-16(12(2)8-11)24-10-14-9-13(17(19)20)5-6-15(14)21(23)18(22)25-3/h4-9,17,23H,10H2,1-3H3. The van der Waals surface area contributed by atoms with E-state index in [-0.39, 0.29) is 17.9 Å². The lowest BCUT2D eigenvalue weighted by molar-refractivity contribution is 0.151. The number of benzene rings is 2. The molecule has 0 aromatic heterocycles. The van der Waals surface area contributed by atoms with Crippen molar-refractivity contribution in [1.82, 2.24) is 0 Å². The van der Waals surface area contributed by atoms with Crippen molar-refractivity contribution in [1.29, 1.82) is 0 Å². The number of hydrogen-bond donors (Lipinski definition) is 1. The van der Waals surface area contributed by atoms with Crippen LogP contribution in [-0.2, 0) is 6.61 Å². The summed E-state index contributed by atoms with van der Waals surface area (Å²) in [4.78, 5) is 11.7. The molecule has 0 atom stereocenters. The average molecular weight is 367 g/mol. The van der Waals surface area contributed by atoms with Crippen LogP contribution in [0.25, 0.3) is 0 Å². The van der Waals surface area contributed by atoms with E-state index in [0.29, 0.717) is 16.4 Å². The molecule has 2 rings (SSSR count). The minimum atomic E-state index is -2.66. The fourth-order valence-corrected chi connectivity index (χ4v) is 2.64. The van der Waals surface area contributed by atoms with Crippen LogP contribution in [0, 0.1) is 13.8 Å². The van der Waals surface area contributed by atoms with Crippen LogP contribution in [0.3, 0.4) is 0 Å². The van der Waals surface area contributed by atoms with E-state index in [1.807, 2.05) is 26.0 Å². The van der Waals surface area contributed by atoms with Gasteiger partial charge < -0.3 is 4.74 Å². The van der Waals surface area contributed by atoms with Crippen molar-refractivity contribution in [3.8, 4) is 5.75 Å². The minimum absolute atomic E-state index is 0.0570. The Bertz CT molecular complexity index is 768. The fraction of sp³-hybridized carbons (Fsp3) is 0.278. The van der Waals surface area contributed by atoms with Crippen LogP contribution >= 0.6 is 11.8 Å². The zero-order chi connectivity index (χ0) is 18.6. The number of thioether (sulfide) groups is 1. The lowest BCUT2D eigenvalue weighted by Crippen LogP contribution is -2.24. The molecule has 25 heavy (non-hydrogen) atoms. The van der Waals surface area contributed by atoms with Gasteiger partial charge in [-0.3, -0.25) is 10.0 Å². The van der Waals surface area contributed by atoms with Crippen molar-refractivity contribution in [3.63, 3.8) is 0 Å². The molecular weight excluding hydrogens is 348 g/mol. The second kappa shape index (κ2) is 8.31. The predicted molar refractivity (Wildman–Crippen MR) is 94.8 cm³/mol. The summed E-state index contributed by atoms with van der Waals surface area (Å²) in [5, 5.41) is 9.84. The molecule has 0 heterocycles. The Balaban J connectivity index is 2.32. The van der Waals surface area contributed by atoms with Crippen molar-refractivity contribution in [3.05, 3.63) is 58.7 Å². The number of halogens is 2. The Labute approximate surface area is 149 Å². The van der Waals surface area contributed by atoms with Gasteiger partial charge in [-0.15, -0.1) is 0 Å². The van der Waals surface area contributed by atoms with Crippen molar-refractivity contribution < 1.29 is 23.5 Å². The predicted octanol–water partition coefficient (Wildman–Crippen LogP) is 5.50. The van der Waals surface area contributed by atoms with Gasteiger partial charge in [0.05, 0.1) is 5.69 Å². The molecule has 1 N–H and O–H groups in total. The summed E-state index contributed by atoms with van der Waals surface area (Å²) >= 11 is 0.814. The zero-order valence-electron chi connectivity index (χ0n) is 14.1. The monoisotopic (exact) mass is 367 g/mol. The number of alkyl halides is 2. The molecule has 0 aliphatic heterocycles. The van der Waals surface area contributed by atoms with E-state index in [0.717, 1.165) is 22.9 Å². The molecule has 0 bridgehead atoms. The van der Waals surface area contributed by atoms with Gasteiger partial charge in [0.2, 0.25) is 0 Å². The molecule has 0 radical (unpaired) electrons. The van der Waals surface area contributed by atoms with Crippen LogP contribution in [0.15, 0.2) is 36.4 Å². The Morgan fingerprint density at radius 1 is 1.24 bits per heavy atom. The lowest BCUT2D eigenvalue weighted by atomic mass is 10.1. The number of amides is 1. The first-order chi connectivity index (χ1) is 11.8. The van der Waals surface area contributed by atoms with Gasteiger partial charge in [0.1, 0.15) is 12.4 Å². The van der Waals surface area contributed by atoms with E-state index in [2.05, 4.69) is 0 Å². The molecule has 2 aromatic rings. The van der Waals surface area contributed by atoms with E-state index < -0.39 is 11.7 Å². The maximum atomic E-state index is 13.0. The number of anilines is 1. The average Bonchev–Trinajstić information content (AvgIpc) is 2.59.